The second kappa shape index (κ2) is 6.26. The molecule has 0 aliphatic heterocycles. The van der Waals surface area contributed by atoms with Gasteiger partial charge in [-0.05, 0) is 30.5 Å². The van der Waals surface area contributed by atoms with Crippen LogP contribution in [0.5, 0.6) is 0 Å². The molecule has 2 nitrogen and oxygen atoms in total. The van der Waals surface area contributed by atoms with E-state index in [9.17, 15) is 13.2 Å². The number of alkyl halides is 4. The van der Waals surface area contributed by atoms with Gasteiger partial charge in [-0.2, -0.15) is 13.2 Å². The monoisotopic (exact) mass is 318 g/mol. The van der Waals surface area contributed by atoms with Gasteiger partial charge in [0.25, 0.3) is 0 Å². The Hall–Kier alpha value is -1.23. The minimum atomic E-state index is -4.34. The molecule has 2 aromatic rings. The lowest BCUT2D eigenvalue weighted by molar-refractivity contribution is -0.137. The van der Waals surface area contributed by atoms with Gasteiger partial charge in [0, 0.05) is 18.8 Å². The summed E-state index contributed by atoms with van der Waals surface area (Å²) in [5.41, 5.74) is 0.457. The van der Waals surface area contributed by atoms with Crippen LogP contribution in [0.2, 0.25) is 0 Å². The predicted molar refractivity (Wildman–Crippen MR) is 78.6 cm³/mol. The molecule has 0 amide bonds. The van der Waals surface area contributed by atoms with Gasteiger partial charge in [-0.1, -0.05) is 13.8 Å². The molecule has 0 fully saturated rings. The molecule has 0 spiro atoms. The number of nitrogens with zero attached hydrogens (tertiary/aromatic N) is 2. The highest BCUT2D eigenvalue weighted by Crippen LogP contribution is 2.31. The number of imidazole rings is 1. The summed E-state index contributed by atoms with van der Waals surface area (Å²) in [6.45, 7) is 4.97. The van der Waals surface area contributed by atoms with E-state index in [-0.39, 0.29) is 0 Å². The minimum absolute atomic E-state index is 0.383. The molecule has 0 bridgehead atoms. The van der Waals surface area contributed by atoms with Gasteiger partial charge in [0.2, 0.25) is 0 Å². The van der Waals surface area contributed by atoms with Gasteiger partial charge in [0.1, 0.15) is 5.82 Å². The van der Waals surface area contributed by atoms with E-state index in [4.69, 9.17) is 11.6 Å². The van der Waals surface area contributed by atoms with Crippen molar-refractivity contribution in [3.8, 4) is 0 Å². The number of aryl methyl sites for hydroxylation is 2. The largest absolute Gasteiger partial charge is 0.416 e. The summed E-state index contributed by atoms with van der Waals surface area (Å²) in [5.74, 6) is 1.66. The molecular weight excluding hydrogens is 301 g/mol. The van der Waals surface area contributed by atoms with Crippen LogP contribution >= 0.6 is 11.6 Å². The number of hydrogen-bond donors (Lipinski definition) is 0. The van der Waals surface area contributed by atoms with E-state index in [0.717, 1.165) is 36.4 Å². The van der Waals surface area contributed by atoms with Crippen molar-refractivity contribution < 1.29 is 13.2 Å². The summed E-state index contributed by atoms with van der Waals surface area (Å²) in [5, 5.41) is 0. The molecule has 6 heteroatoms. The summed E-state index contributed by atoms with van der Waals surface area (Å²) < 4.78 is 40.3. The van der Waals surface area contributed by atoms with Crippen LogP contribution in [0, 0.1) is 5.92 Å². The van der Waals surface area contributed by atoms with Crippen LogP contribution in [0.15, 0.2) is 18.2 Å². The molecule has 0 N–H and O–H groups in total. The maximum Gasteiger partial charge on any atom is 0.416 e. The Morgan fingerprint density at radius 2 is 2.00 bits per heavy atom. The lowest BCUT2D eigenvalue weighted by atomic mass is 10.1. The molecule has 1 aromatic carbocycles. The van der Waals surface area contributed by atoms with Crippen molar-refractivity contribution in [1.82, 2.24) is 9.55 Å². The highest BCUT2D eigenvalue weighted by molar-refractivity contribution is 6.17. The van der Waals surface area contributed by atoms with Crippen LogP contribution in [0.4, 0.5) is 13.2 Å². The molecule has 0 aliphatic carbocycles. The fraction of sp³-hybridized carbons (Fsp3) is 0.533. The van der Waals surface area contributed by atoms with E-state index in [1.807, 2.05) is 4.57 Å². The predicted octanol–water partition coefficient (Wildman–Crippen LogP) is 4.88. The third-order valence-corrected chi connectivity index (χ3v) is 3.59. The minimum Gasteiger partial charge on any atom is -0.328 e. The Balaban J connectivity index is 2.46. The summed E-state index contributed by atoms with van der Waals surface area (Å²) in [6.07, 6.45) is -2.85. The average molecular weight is 319 g/mol. The number of aromatic nitrogens is 2. The van der Waals surface area contributed by atoms with Gasteiger partial charge in [0.15, 0.2) is 0 Å². The third-order valence-electron chi connectivity index (χ3n) is 3.40. The molecule has 116 valence electrons. The highest BCUT2D eigenvalue weighted by Gasteiger charge is 2.31. The quantitative estimate of drug-likeness (QED) is 0.718. The van der Waals surface area contributed by atoms with E-state index in [1.165, 1.54) is 6.07 Å². The fourth-order valence-corrected chi connectivity index (χ4v) is 2.44. The van der Waals surface area contributed by atoms with Crippen molar-refractivity contribution in [1.29, 1.82) is 0 Å². The number of rotatable bonds is 5. The van der Waals surface area contributed by atoms with Crippen molar-refractivity contribution in [3.05, 3.63) is 29.6 Å². The molecule has 0 saturated carbocycles. The standard InChI is InChI=1S/C15H18ClF3N2/c1-10(2)6-8-21-13-4-3-11(15(17,18)19)9-12(13)20-14(21)5-7-16/h3-4,9-10H,5-8H2,1-2H3. The first kappa shape index (κ1) is 16.1. The van der Waals surface area contributed by atoms with E-state index < -0.39 is 11.7 Å². The van der Waals surface area contributed by atoms with Crippen LogP contribution in [0.1, 0.15) is 31.7 Å². The van der Waals surface area contributed by atoms with Crippen LogP contribution in [-0.4, -0.2) is 15.4 Å². The molecule has 1 aromatic heterocycles. The van der Waals surface area contributed by atoms with Gasteiger partial charge < -0.3 is 4.57 Å². The molecule has 0 atom stereocenters. The molecular formula is C15H18ClF3N2. The number of hydrogen-bond acceptors (Lipinski definition) is 1. The maximum atomic E-state index is 12.8. The topological polar surface area (TPSA) is 17.8 Å². The molecule has 0 saturated heterocycles. The van der Waals surface area contributed by atoms with E-state index in [2.05, 4.69) is 18.8 Å². The van der Waals surface area contributed by atoms with Gasteiger partial charge >= 0.3 is 6.18 Å². The van der Waals surface area contributed by atoms with Crippen LogP contribution < -0.4 is 0 Å². The third kappa shape index (κ3) is 3.70. The Kier molecular flexibility index (Phi) is 4.81. The smallest absolute Gasteiger partial charge is 0.328 e. The zero-order valence-electron chi connectivity index (χ0n) is 12.0. The molecule has 0 aliphatic rings. The van der Waals surface area contributed by atoms with Gasteiger partial charge in [-0.3, -0.25) is 0 Å². The summed E-state index contributed by atoms with van der Waals surface area (Å²) >= 11 is 5.77. The lowest BCUT2D eigenvalue weighted by Gasteiger charge is -2.11. The molecule has 0 unspecified atom stereocenters. The number of benzene rings is 1. The molecule has 0 radical (unpaired) electrons. The first-order valence-electron chi connectivity index (χ1n) is 6.95. The summed E-state index contributed by atoms with van der Waals surface area (Å²) in [7, 11) is 0. The van der Waals surface area contributed by atoms with E-state index in [0.29, 0.717) is 23.7 Å². The van der Waals surface area contributed by atoms with Crippen LogP contribution in [0.25, 0.3) is 11.0 Å². The van der Waals surface area contributed by atoms with Crippen molar-refractivity contribution in [2.75, 3.05) is 5.88 Å². The Morgan fingerprint density at radius 1 is 1.29 bits per heavy atom. The van der Waals surface area contributed by atoms with Gasteiger partial charge in [0.05, 0.1) is 16.6 Å². The first-order valence-corrected chi connectivity index (χ1v) is 7.48. The normalized spacial score (nSPS) is 12.5. The second-order valence-electron chi connectivity index (χ2n) is 5.50. The Morgan fingerprint density at radius 3 is 2.57 bits per heavy atom. The summed E-state index contributed by atoms with van der Waals surface area (Å²) in [4.78, 5) is 4.33. The average Bonchev–Trinajstić information content (AvgIpc) is 2.72. The van der Waals surface area contributed by atoms with Crippen molar-refractivity contribution in [2.24, 2.45) is 5.92 Å². The van der Waals surface area contributed by atoms with Crippen molar-refractivity contribution in [2.45, 2.75) is 39.4 Å². The molecule has 21 heavy (non-hydrogen) atoms. The lowest BCUT2D eigenvalue weighted by Crippen LogP contribution is -2.07. The van der Waals surface area contributed by atoms with Crippen molar-refractivity contribution >= 4 is 22.6 Å². The number of fused-ring (bicyclic) bond motifs is 1. The van der Waals surface area contributed by atoms with Crippen LogP contribution in [0.3, 0.4) is 0 Å². The first-order chi connectivity index (χ1) is 9.82. The molecule has 1 heterocycles. The van der Waals surface area contributed by atoms with Crippen molar-refractivity contribution in [3.63, 3.8) is 0 Å². The zero-order valence-corrected chi connectivity index (χ0v) is 12.8. The molecule has 2 rings (SSSR count). The maximum absolute atomic E-state index is 12.8. The second-order valence-corrected chi connectivity index (χ2v) is 5.88. The van der Waals surface area contributed by atoms with Gasteiger partial charge in [-0.25, -0.2) is 4.98 Å². The Labute approximate surface area is 126 Å². The highest BCUT2D eigenvalue weighted by atomic mass is 35.5. The zero-order chi connectivity index (χ0) is 15.6. The number of halogens is 4. The van der Waals surface area contributed by atoms with Crippen LogP contribution in [-0.2, 0) is 19.1 Å². The Bertz CT molecular complexity index is 617. The van der Waals surface area contributed by atoms with Gasteiger partial charge in [-0.15, -0.1) is 11.6 Å². The van der Waals surface area contributed by atoms with E-state index in [1.54, 1.807) is 0 Å². The summed E-state index contributed by atoms with van der Waals surface area (Å²) in [6, 6.07) is 3.72. The SMILES string of the molecule is CC(C)CCn1c(CCCl)nc2cc(C(F)(F)F)ccc21. The fourth-order valence-electron chi connectivity index (χ4n) is 2.27. The van der Waals surface area contributed by atoms with E-state index >= 15 is 0 Å².